The summed E-state index contributed by atoms with van der Waals surface area (Å²) in [6.07, 6.45) is -0.836. The first-order chi connectivity index (χ1) is 13.4. The van der Waals surface area contributed by atoms with Gasteiger partial charge in [0.15, 0.2) is 17.6 Å². The number of carbonyl (C=O) groups excluding carboxylic acids is 1. The van der Waals surface area contributed by atoms with E-state index in [1.165, 1.54) is 0 Å². The minimum atomic E-state index is -0.836. The summed E-state index contributed by atoms with van der Waals surface area (Å²) in [5.74, 6) is 0.871. The molecule has 7 heteroatoms. The molecule has 0 spiro atoms. The van der Waals surface area contributed by atoms with Crippen molar-refractivity contribution in [2.75, 3.05) is 11.5 Å². The summed E-state index contributed by atoms with van der Waals surface area (Å²) in [6, 6.07) is 16.8. The minimum Gasteiger partial charge on any atom is -0.479 e. The van der Waals surface area contributed by atoms with Crippen LogP contribution in [0, 0.1) is 0 Å². The van der Waals surface area contributed by atoms with Crippen molar-refractivity contribution < 1.29 is 14.3 Å². The molecule has 0 heterocycles. The van der Waals surface area contributed by atoms with Crippen LogP contribution in [0.1, 0.15) is 17.3 Å². The normalized spacial score (nSPS) is 11.7. The molecule has 4 N–H and O–H groups in total. The minimum absolute atomic E-state index is 0.245. The maximum Gasteiger partial charge on any atom is 0.207 e. The van der Waals surface area contributed by atoms with Crippen LogP contribution in [-0.2, 0) is 0 Å². The maximum absolute atomic E-state index is 12.8. The third kappa shape index (κ3) is 4.32. The van der Waals surface area contributed by atoms with Crippen LogP contribution in [0.15, 0.2) is 60.7 Å². The van der Waals surface area contributed by atoms with Crippen molar-refractivity contribution in [2.45, 2.75) is 13.0 Å². The zero-order valence-corrected chi connectivity index (χ0v) is 16.5. The molecule has 3 aromatic rings. The van der Waals surface area contributed by atoms with Gasteiger partial charge in [0.1, 0.15) is 5.75 Å². The molecular formula is C21H18Cl2N2O3. The summed E-state index contributed by atoms with van der Waals surface area (Å²) in [6.45, 7) is 1.63. The number of hydrogen-bond acceptors (Lipinski definition) is 5. The zero-order chi connectivity index (χ0) is 20.3. The molecule has 3 rings (SSSR count). The van der Waals surface area contributed by atoms with Crippen molar-refractivity contribution in [1.82, 2.24) is 0 Å². The molecule has 0 saturated heterocycles. The Labute approximate surface area is 172 Å². The number of nitrogen functional groups attached to an aromatic ring is 2. The molecule has 0 saturated carbocycles. The summed E-state index contributed by atoms with van der Waals surface area (Å²) in [5.41, 5.74) is 12.7. The molecule has 3 aromatic carbocycles. The van der Waals surface area contributed by atoms with Crippen molar-refractivity contribution in [1.29, 1.82) is 0 Å². The summed E-state index contributed by atoms with van der Waals surface area (Å²) in [4.78, 5) is 12.8. The van der Waals surface area contributed by atoms with Gasteiger partial charge in [0.05, 0.1) is 10.6 Å². The second-order valence-corrected chi connectivity index (χ2v) is 6.90. The largest absolute Gasteiger partial charge is 0.479 e. The average Bonchev–Trinajstić information content (AvgIpc) is 2.65. The molecule has 0 bridgehead atoms. The van der Waals surface area contributed by atoms with E-state index in [4.69, 9.17) is 44.1 Å². The number of halogens is 2. The first-order valence-corrected chi connectivity index (χ1v) is 9.19. The van der Waals surface area contributed by atoms with Gasteiger partial charge in [-0.05, 0) is 49.4 Å². The third-order valence-electron chi connectivity index (χ3n) is 4.01. The average molecular weight is 417 g/mol. The van der Waals surface area contributed by atoms with Gasteiger partial charge in [-0.1, -0.05) is 41.4 Å². The topological polar surface area (TPSA) is 87.6 Å². The summed E-state index contributed by atoms with van der Waals surface area (Å²) < 4.78 is 11.7. The van der Waals surface area contributed by atoms with Crippen LogP contribution in [0.25, 0.3) is 0 Å². The highest BCUT2D eigenvalue weighted by Gasteiger charge is 2.23. The number of hydrogen-bond donors (Lipinski definition) is 2. The monoisotopic (exact) mass is 416 g/mol. The predicted molar refractivity (Wildman–Crippen MR) is 113 cm³/mol. The smallest absolute Gasteiger partial charge is 0.207 e. The lowest BCUT2D eigenvalue weighted by Crippen LogP contribution is -2.26. The van der Waals surface area contributed by atoms with Crippen molar-refractivity contribution >= 4 is 40.4 Å². The predicted octanol–water partition coefficient (Wildman–Crippen LogP) is 5.60. The van der Waals surface area contributed by atoms with E-state index >= 15 is 0 Å². The van der Waals surface area contributed by atoms with Gasteiger partial charge in [0.2, 0.25) is 5.78 Å². The van der Waals surface area contributed by atoms with Gasteiger partial charge in [-0.2, -0.15) is 0 Å². The van der Waals surface area contributed by atoms with Gasteiger partial charge < -0.3 is 20.9 Å². The van der Waals surface area contributed by atoms with Crippen LogP contribution in [-0.4, -0.2) is 11.9 Å². The van der Waals surface area contributed by atoms with Crippen molar-refractivity contribution in [3.63, 3.8) is 0 Å². The standard InChI is InChI=1S/C21H18Cl2N2O3/c1-12(21(26)20-15(24)5-4-6-16(20)25)27-18-7-2-3-8-19(18)28-17-10-9-13(22)11-14(17)23/h2-12H,24-25H2,1H3. The lowest BCUT2D eigenvalue weighted by Gasteiger charge is -2.18. The third-order valence-corrected chi connectivity index (χ3v) is 4.54. The molecule has 0 aliphatic heterocycles. The molecule has 0 radical (unpaired) electrons. The fourth-order valence-electron chi connectivity index (χ4n) is 2.63. The number of rotatable bonds is 6. The van der Waals surface area contributed by atoms with E-state index < -0.39 is 6.10 Å². The second kappa shape index (κ2) is 8.42. The number of Topliss-reactive ketones (excluding diaryl/α,β-unsaturated/α-hetero) is 1. The number of ketones is 1. The molecule has 0 amide bonds. The van der Waals surface area contributed by atoms with Crippen molar-refractivity contribution in [3.8, 4) is 17.2 Å². The van der Waals surface area contributed by atoms with Crippen LogP contribution < -0.4 is 20.9 Å². The fourth-order valence-corrected chi connectivity index (χ4v) is 3.08. The Bertz CT molecular complexity index is 1000. The number of anilines is 2. The number of ether oxygens (including phenoxy) is 2. The number of benzene rings is 3. The Morgan fingerprint density at radius 1 is 0.893 bits per heavy atom. The van der Waals surface area contributed by atoms with Gasteiger partial charge in [0, 0.05) is 16.4 Å². The molecule has 1 atom stereocenters. The number of para-hydroxylation sites is 2. The van der Waals surface area contributed by atoms with Crippen LogP contribution in [0.5, 0.6) is 17.2 Å². The Morgan fingerprint density at radius 2 is 1.54 bits per heavy atom. The maximum atomic E-state index is 12.8. The highest BCUT2D eigenvalue weighted by atomic mass is 35.5. The number of nitrogens with two attached hydrogens (primary N) is 2. The molecular weight excluding hydrogens is 399 g/mol. The van der Waals surface area contributed by atoms with E-state index in [-0.39, 0.29) is 11.3 Å². The Hall–Kier alpha value is -2.89. The van der Waals surface area contributed by atoms with Gasteiger partial charge in [-0.3, -0.25) is 4.79 Å². The van der Waals surface area contributed by atoms with E-state index in [0.29, 0.717) is 38.7 Å². The van der Waals surface area contributed by atoms with E-state index in [2.05, 4.69) is 0 Å². The van der Waals surface area contributed by atoms with Crippen molar-refractivity contribution in [2.24, 2.45) is 0 Å². The van der Waals surface area contributed by atoms with Crippen LogP contribution in [0.2, 0.25) is 10.0 Å². The lowest BCUT2D eigenvalue weighted by molar-refractivity contribution is 0.0816. The molecule has 1 unspecified atom stereocenters. The molecule has 144 valence electrons. The van der Waals surface area contributed by atoms with Gasteiger partial charge in [-0.15, -0.1) is 0 Å². The van der Waals surface area contributed by atoms with Crippen LogP contribution in [0.4, 0.5) is 11.4 Å². The van der Waals surface area contributed by atoms with Gasteiger partial charge in [-0.25, -0.2) is 0 Å². The summed E-state index contributed by atoms with van der Waals surface area (Å²) in [7, 11) is 0. The molecule has 0 aromatic heterocycles. The Morgan fingerprint density at radius 3 is 2.18 bits per heavy atom. The SMILES string of the molecule is CC(Oc1ccccc1Oc1ccc(Cl)cc1Cl)C(=O)c1c(N)cccc1N. The summed E-state index contributed by atoms with van der Waals surface area (Å²) >= 11 is 12.1. The van der Waals surface area contributed by atoms with E-state index in [1.807, 2.05) is 0 Å². The zero-order valence-electron chi connectivity index (χ0n) is 15.0. The van der Waals surface area contributed by atoms with Gasteiger partial charge in [0.25, 0.3) is 0 Å². The highest BCUT2D eigenvalue weighted by Crippen LogP contribution is 2.36. The molecule has 0 aliphatic rings. The van der Waals surface area contributed by atoms with E-state index in [0.717, 1.165) is 0 Å². The van der Waals surface area contributed by atoms with Crippen LogP contribution >= 0.6 is 23.2 Å². The lowest BCUT2D eigenvalue weighted by atomic mass is 10.0. The molecule has 0 aliphatic carbocycles. The molecule has 5 nitrogen and oxygen atoms in total. The van der Waals surface area contributed by atoms with Gasteiger partial charge >= 0.3 is 0 Å². The van der Waals surface area contributed by atoms with E-state index in [1.54, 1.807) is 67.6 Å². The Kier molecular flexibility index (Phi) is 5.97. The molecule has 28 heavy (non-hydrogen) atoms. The second-order valence-electron chi connectivity index (χ2n) is 6.06. The number of carbonyl (C=O) groups is 1. The molecule has 0 fully saturated rings. The Balaban J connectivity index is 1.84. The van der Waals surface area contributed by atoms with E-state index in [9.17, 15) is 4.79 Å². The first kappa shape index (κ1) is 19.9. The van der Waals surface area contributed by atoms with Crippen molar-refractivity contribution in [3.05, 3.63) is 76.3 Å². The quantitative estimate of drug-likeness (QED) is 0.403. The first-order valence-electron chi connectivity index (χ1n) is 8.43. The van der Waals surface area contributed by atoms with Crippen LogP contribution in [0.3, 0.4) is 0 Å². The summed E-state index contributed by atoms with van der Waals surface area (Å²) in [5, 5.41) is 0.857. The fraction of sp³-hybridized carbons (Fsp3) is 0.0952. The highest BCUT2D eigenvalue weighted by molar-refractivity contribution is 6.35.